The van der Waals surface area contributed by atoms with Crippen molar-refractivity contribution in [2.45, 2.75) is 51.4 Å². The Balaban J connectivity index is 0.000000182. The number of non-ortho nitro benzene ring substituents is 1. The summed E-state index contributed by atoms with van der Waals surface area (Å²) < 4.78 is 9.44. The Kier molecular flexibility index (Phi) is 7.45. The van der Waals surface area contributed by atoms with Crippen molar-refractivity contribution in [2.75, 3.05) is 20.0 Å². The van der Waals surface area contributed by atoms with E-state index in [0.29, 0.717) is 16.8 Å². The molecule has 2 aliphatic rings. The molecule has 0 aromatic heterocycles. The number of ether oxygens (including phenoxy) is 2. The van der Waals surface area contributed by atoms with E-state index in [9.17, 15) is 19.7 Å². The number of rotatable bonds is 3. The molecule has 0 amide bonds. The smallest absolute Gasteiger partial charge is 0.338 e. The number of nitrogens with zero attached hydrogens (tertiary/aromatic N) is 1. The second-order valence-corrected chi connectivity index (χ2v) is 7.99. The number of fused-ring (bicyclic) bond motifs is 2. The van der Waals surface area contributed by atoms with Gasteiger partial charge in [-0.3, -0.25) is 10.1 Å². The van der Waals surface area contributed by atoms with Gasteiger partial charge in [0, 0.05) is 17.8 Å². The predicted molar refractivity (Wildman–Crippen MR) is 120 cm³/mol. The van der Waals surface area contributed by atoms with Crippen LogP contribution in [0.4, 0.5) is 11.4 Å². The van der Waals surface area contributed by atoms with E-state index < -0.39 is 10.9 Å². The van der Waals surface area contributed by atoms with E-state index in [1.54, 1.807) is 12.1 Å². The molecule has 0 radical (unpaired) electrons. The number of nitrogens with two attached hydrogens (primary N) is 1. The van der Waals surface area contributed by atoms with Gasteiger partial charge in [-0.05, 0) is 85.8 Å². The van der Waals surface area contributed by atoms with Gasteiger partial charge in [-0.1, -0.05) is 0 Å². The molecule has 4 rings (SSSR count). The summed E-state index contributed by atoms with van der Waals surface area (Å²) in [5.74, 6) is -0.771. The van der Waals surface area contributed by atoms with Crippen LogP contribution in [0.15, 0.2) is 24.3 Å². The number of nitro benzene ring substituents is 1. The van der Waals surface area contributed by atoms with E-state index in [1.165, 1.54) is 32.3 Å². The van der Waals surface area contributed by atoms with Crippen LogP contribution in [0.5, 0.6) is 0 Å². The zero-order valence-electron chi connectivity index (χ0n) is 18.4. The molecule has 2 aliphatic carbocycles. The number of carbonyl (C=O) groups is 2. The van der Waals surface area contributed by atoms with Crippen LogP contribution < -0.4 is 5.73 Å². The van der Waals surface area contributed by atoms with Crippen molar-refractivity contribution in [3.63, 3.8) is 0 Å². The molecule has 0 atom stereocenters. The summed E-state index contributed by atoms with van der Waals surface area (Å²) in [5.41, 5.74) is 11.5. The number of carbonyl (C=O) groups excluding carboxylic acids is 2. The predicted octanol–water partition coefficient (Wildman–Crippen LogP) is 4.19. The monoisotopic (exact) mass is 440 g/mol. The standard InChI is InChI=1S/C12H13NO4.C12H15NO2/c1-17-12(14)11-7-9(13(15)16)6-8-4-2-3-5-10(8)11;1-15-12(14)11-7-9(13)6-8-4-2-3-5-10(8)11/h6-7H,2-5H2,1H3;6-7H,2-5,13H2,1H3. The first-order valence-electron chi connectivity index (χ1n) is 10.7. The lowest BCUT2D eigenvalue weighted by molar-refractivity contribution is -0.385. The Morgan fingerprint density at radius 3 is 1.78 bits per heavy atom. The lowest BCUT2D eigenvalue weighted by Gasteiger charge is -2.19. The molecule has 2 aromatic rings. The fourth-order valence-corrected chi connectivity index (χ4v) is 4.43. The SMILES string of the molecule is COC(=O)c1cc(N)cc2c1CCCC2.COC(=O)c1cc([N+](=O)[O-])cc2c1CCCC2. The zero-order chi connectivity index (χ0) is 23.3. The van der Waals surface area contributed by atoms with Gasteiger partial charge < -0.3 is 15.2 Å². The van der Waals surface area contributed by atoms with Gasteiger partial charge in [0.15, 0.2) is 0 Å². The Bertz CT molecular complexity index is 1050. The van der Waals surface area contributed by atoms with Crippen molar-refractivity contribution in [1.29, 1.82) is 0 Å². The molecule has 2 aromatic carbocycles. The maximum Gasteiger partial charge on any atom is 0.338 e. The number of aryl methyl sites for hydroxylation is 2. The van der Waals surface area contributed by atoms with Crippen LogP contribution in [0.3, 0.4) is 0 Å². The Morgan fingerprint density at radius 2 is 1.28 bits per heavy atom. The number of nitro groups is 1. The van der Waals surface area contributed by atoms with Crippen LogP contribution in [0, 0.1) is 10.1 Å². The van der Waals surface area contributed by atoms with Crippen LogP contribution in [0.2, 0.25) is 0 Å². The highest BCUT2D eigenvalue weighted by Gasteiger charge is 2.23. The van der Waals surface area contributed by atoms with Gasteiger partial charge in [-0.15, -0.1) is 0 Å². The van der Waals surface area contributed by atoms with Crippen LogP contribution in [-0.4, -0.2) is 31.1 Å². The van der Waals surface area contributed by atoms with E-state index in [-0.39, 0.29) is 11.7 Å². The summed E-state index contributed by atoms with van der Waals surface area (Å²) in [5, 5.41) is 10.8. The minimum atomic E-state index is -0.494. The number of nitrogen functional groups attached to an aromatic ring is 1. The number of methoxy groups -OCH3 is 2. The van der Waals surface area contributed by atoms with Crippen molar-refractivity contribution in [3.05, 3.63) is 67.8 Å². The van der Waals surface area contributed by atoms with Crippen molar-refractivity contribution < 1.29 is 24.0 Å². The highest BCUT2D eigenvalue weighted by Crippen LogP contribution is 2.30. The lowest BCUT2D eigenvalue weighted by atomic mass is 9.87. The highest BCUT2D eigenvalue weighted by molar-refractivity contribution is 5.93. The molecule has 0 aliphatic heterocycles. The van der Waals surface area contributed by atoms with Crippen LogP contribution in [0.1, 0.15) is 68.7 Å². The molecular formula is C24H28N2O6. The molecular weight excluding hydrogens is 412 g/mol. The minimum Gasteiger partial charge on any atom is -0.465 e. The summed E-state index contributed by atoms with van der Waals surface area (Å²) in [6.45, 7) is 0. The Morgan fingerprint density at radius 1 is 0.812 bits per heavy atom. The number of anilines is 1. The molecule has 170 valence electrons. The van der Waals surface area contributed by atoms with Crippen molar-refractivity contribution in [3.8, 4) is 0 Å². The average Bonchev–Trinajstić information content (AvgIpc) is 2.82. The van der Waals surface area contributed by atoms with Gasteiger partial charge in [-0.25, -0.2) is 9.59 Å². The second kappa shape index (κ2) is 10.3. The lowest BCUT2D eigenvalue weighted by Crippen LogP contribution is -2.12. The summed E-state index contributed by atoms with van der Waals surface area (Å²) in [6.07, 6.45) is 7.89. The fourth-order valence-electron chi connectivity index (χ4n) is 4.43. The fraction of sp³-hybridized carbons (Fsp3) is 0.417. The molecule has 0 spiro atoms. The number of esters is 2. The highest BCUT2D eigenvalue weighted by atomic mass is 16.6. The maximum atomic E-state index is 11.6. The molecule has 2 N–H and O–H groups in total. The third-order valence-corrected chi connectivity index (χ3v) is 5.96. The number of hydrogen-bond donors (Lipinski definition) is 1. The average molecular weight is 440 g/mol. The Hall–Kier alpha value is -3.42. The maximum absolute atomic E-state index is 11.6. The molecule has 0 heterocycles. The van der Waals surface area contributed by atoms with Crippen LogP contribution in [-0.2, 0) is 35.2 Å². The van der Waals surface area contributed by atoms with Crippen LogP contribution in [0.25, 0.3) is 0 Å². The zero-order valence-corrected chi connectivity index (χ0v) is 18.4. The van der Waals surface area contributed by atoms with Crippen molar-refractivity contribution in [2.24, 2.45) is 0 Å². The third kappa shape index (κ3) is 5.07. The minimum absolute atomic E-state index is 0.0361. The first kappa shape index (κ1) is 23.2. The summed E-state index contributed by atoms with van der Waals surface area (Å²) in [4.78, 5) is 33.5. The van der Waals surface area contributed by atoms with Crippen molar-refractivity contribution in [1.82, 2.24) is 0 Å². The third-order valence-electron chi connectivity index (χ3n) is 5.96. The largest absolute Gasteiger partial charge is 0.465 e. The van der Waals surface area contributed by atoms with E-state index in [1.807, 2.05) is 6.07 Å². The Labute approximate surface area is 186 Å². The van der Waals surface area contributed by atoms with E-state index in [0.717, 1.165) is 61.6 Å². The first-order valence-corrected chi connectivity index (χ1v) is 10.7. The van der Waals surface area contributed by atoms with Gasteiger partial charge in [-0.2, -0.15) is 0 Å². The number of hydrogen-bond acceptors (Lipinski definition) is 7. The van der Waals surface area contributed by atoms with Gasteiger partial charge in [0.2, 0.25) is 0 Å². The van der Waals surface area contributed by atoms with Gasteiger partial charge >= 0.3 is 11.9 Å². The van der Waals surface area contributed by atoms with E-state index in [2.05, 4.69) is 4.74 Å². The van der Waals surface area contributed by atoms with E-state index in [4.69, 9.17) is 10.5 Å². The molecule has 0 bridgehead atoms. The summed E-state index contributed by atoms with van der Waals surface area (Å²) >= 11 is 0. The molecule has 0 saturated heterocycles. The van der Waals surface area contributed by atoms with Crippen LogP contribution >= 0.6 is 0 Å². The van der Waals surface area contributed by atoms with Gasteiger partial charge in [0.25, 0.3) is 5.69 Å². The normalized spacial score (nSPS) is 14.2. The molecule has 8 heteroatoms. The summed E-state index contributed by atoms with van der Waals surface area (Å²) in [7, 11) is 2.69. The summed E-state index contributed by atoms with van der Waals surface area (Å²) in [6, 6.07) is 6.58. The van der Waals surface area contributed by atoms with Gasteiger partial charge in [0.1, 0.15) is 0 Å². The molecule has 0 unspecified atom stereocenters. The molecule has 8 nitrogen and oxygen atoms in total. The van der Waals surface area contributed by atoms with Gasteiger partial charge in [0.05, 0.1) is 30.3 Å². The number of benzene rings is 2. The second-order valence-electron chi connectivity index (χ2n) is 7.99. The topological polar surface area (TPSA) is 122 Å². The van der Waals surface area contributed by atoms with Crippen molar-refractivity contribution >= 4 is 23.3 Å². The molecule has 0 fully saturated rings. The quantitative estimate of drug-likeness (QED) is 0.328. The molecule has 32 heavy (non-hydrogen) atoms. The molecule has 0 saturated carbocycles. The first-order chi connectivity index (χ1) is 15.3. The van der Waals surface area contributed by atoms with E-state index >= 15 is 0 Å².